The van der Waals surface area contributed by atoms with E-state index in [1.54, 1.807) is 313 Å². The number of likely N-dealkylation sites (N-methyl/N-ethyl adjacent to an activating group) is 1. The van der Waals surface area contributed by atoms with E-state index >= 15 is 0 Å². The number of rotatable bonds is 40. The molecule has 4 aliphatic carbocycles. The van der Waals surface area contributed by atoms with E-state index in [1.807, 2.05) is 0 Å². The lowest BCUT2D eigenvalue weighted by Crippen LogP contribution is -2.52. The highest BCUT2D eigenvalue weighted by Gasteiger charge is 2.76. The first-order valence-corrected chi connectivity index (χ1v) is 52.2. The predicted octanol–water partition coefficient (Wildman–Crippen LogP) is 34.1. The molecular weight excluding hydrogens is 1590 g/mol. The topological polar surface area (TPSA) is 43.4 Å². The molecule has 2 spiro atoms. The normalized spacial score (nSPS) is 18.0. The van der Waals surface area contributed by atoms with E-state index < -0.39 is 10.8 Å². The van der Waals surface area contributed by atoms with Gasteiger partial charge in [-0.15, -0.1) is 0 Å². The van der Waals surface area contributed by atoms with Crippen LogP contribution >= 0.6 is 0 Å². The highest BCUT2D eigenvalue weighted by atomic mass is 16.5. The Morgan fingerprint density at radius 3 is 0.771 bits per heavy atom. The van der Waals surface area contributed by atoms with E-state index in [0.29, 0.717) is 26.4 Å². The molecule has 1 saturated heterocycles. The summed E-state index contributed by atoms with van der Waals surface area (Å²) < 4.78 is 30.2. The Morgan fingerprint density at radius 2 is 0.489 bits per heavy atom. The molecule has 31 aromatic carbocycles. The molecule has 131 heavy (non-hydrogen) atoms. The third-order valence-electron chi connectivity index (χ3n) is 37.9. The molecule has 5 aliphatic rings. The van der Waals surface area contributed by atoms with Gasteiger partial charge in [0.1, 0.15) is 23.0 Å². The van der Waals surface area contributed by atoms with Crippen LogP contribution in [0.2, 0.25) is 0 Å². The lowest BCUT2D eigenvalue weighted by Gasteiger charge is -2.52. The minimum atomic E-state index is -0.610. The van der Waals surface area contributed by atoms with Crippen LogP contribution in [-0.2, 0) is 10.8 Å². The summed E-state index contributed by atoms with van der Waals surface area (Å²) in [4.78, 5) is 5.55. The van der Waals surface area contributed by atoms with E-state index in [0.717, 1.165) is 116 Å². The first kappa shape index (κ1) is 71.0. The van der Waals surface area contributed by atoms with Gasteiger partial charge in [-0.25, -0.2) is 0 Å². The largest absolute Gasteiger partial charge is 0.493 e. The Morgan fingerprint density at radius 1 is 0.260 bits per heavy atom. The molecule has 0 N–H and O–H groups in total. The zero-order valence-corrected chi connectivity index (χ0v) is 76.5. The van der Waals surface area contributed by atoms with Gasteiger partial charge in [-0.1, -0.05) is 206 Å². The van der Waals surface area contributed by atoms with Crippen molar-refractivity contribution in [2.75, 3.05) is 58.0 Å². The molecule has 36 rings (SSSR count). The highest BCUT2D eigenvalue weighted by Crippen LogP contribution is 2.87. The van der Waals surface area contributed by atoms with Crippen molar-refractivity contribution in [3.05, 3.63) is 98.6 Å². The van der Waals surface area contributed by atoms with Crippen LogP contribution in [0.25, 0.3) is 291 Å². The number of nitrogens with zero attached hydrogens (tertiary/aromatic N) is 2. The van der Waals surface area contributed by atoms with Crippen LogP contribution < -0.4 is 23.8 Å². The average molecular weight is 1690 g/mol. The van der Waals surface area contributed by atoms with Gasteiger partial charge in [0.15, 0.2) is 0 Å². The lowest BCUT2D eigenvalue weighted by atomic mass is 9.47. The molecular formula is C125H100N2O4. The molecule has 0 aromatic heterocycles. The van der Waals surface area contributed by atoms with Crippen molar-refractivity contribution < 1.29 is 18.9 Å². The molecule has 0 bridgehead atoms. The molecule has 0 radical (unpaired) electrons. The standard InChI is InChI=1S/C125H100N2O4/c1-8-14-20-24-28-32-46-128-61-51-57(62(129-47-33-29-25-21-15-9-2)50-56(61)39-36-55-37-42-59(43-38-55)127(44-18-12-5)45-19-13-6)40-41-58-52-64(131-49-35-31-27-23-17-11-4)60(53-63(58)130-48-34-30-26-22-16-10-3)123-125-121-115-109-99-87-79-71-67-65-66-69-73(71)81(87)91-85-77(69)78-70(66)74-72-68(65)76-75(67)83-89(79)97-103-93(83)94-84(76)90-80(72)88-82(74)92-86(78)96-95(85)107(101(91)109)117(121)118-108(96)102(92)110-100(88)106-98(90)104(94)112-111(103)119(113(115)105(97)99)124(125,54-126(123)7)120(112)114(106)116(110)122(118)125/h37-38,42-43,50-53,123H,8-35,44-49,54H2,1-7H3. The van der Waals surface area contributed by atoms with Gasteiger partial charge in [-0.2, -0.15) is 0 Å². The van der Waals surface area contributed by atoms with Gasteiger partial charge in [-0.3, -0.25) is 4.90 Å². The fraction of sp³-hybridized carbons (Fsp3) is 0.360. The summed E-state index contributed by atoms with van der Waals surface area (Å²) >= 11 is 0. The Kier molecular flexibility index (Phi) is 12.6. The Labute approximate surface area is 756 Å². The second kappa shape index (κ2) is 23.3. The van der Waals surface area contributed by atoms with Crippen molar-refractivity contribution in [1.29, 1.82) is 0 Å². The fourth-order valence-electron chi connectivity index (χ4n) is 34.0. The van der Waals surface area contributed by atoms with Crippen LogP contribution in [0, 0.1) is 23.7 Å². The van der Waals surface area contributed by atoms with Crippen LogP contribution in [0.3, 0.4) is 0 Å². The van der Waals surface area contributed by atoms with Gasteiger partial charge < -0.3 is 23.8 Å². The monoisotopic (exact) mass is 1690 g/mol. The zero-order chi connectivity index (χ0) is 85.1. The predicted molar refractivity (Wildman–Crippen MR) is 558 cm³/mol. The van der Waals surface area contributed by atoms with Crippen molar-refractivity contribution in [2.24, 2.45) is 0 Å². The van der Waals surface area contributed by atoms with Crippen LogP contribution in [0.5, 0.6) is 23.0 Å². The number of benzene rings is 21. The average Bonchev–Trinajstić information content (AvgIpc) is 1.38. The molecule has 1 unspecified atom stereocenters. The highest BCUT2D eigenvalue weighted by molar-refractivity contribution is 6.82. The summed E-state index contributed by atoms with van der Waals surface area (Å²) in [7, 11) is 2.61. The Balaban J connectivity index is 0.636. The maximum atomic E-state index is 8.06. The van der Waals surface area contributed by atoms with Crippen molar-refractivity contribution in [3.8, 4) is 46.7 Å². The van der Waals surface area contributed by atoms with E-state index in [-0.39, 0.29) is 6.04 Å². The van der Waals surface area contributed by atoms with Crippen molar-refractivity contribution in [2.45, 2.75) is 238 Å². The van der Waals surface area contributed by atoms with Crippen LogP contribution in [0.15, 0.2) is 48.5 Å². The smallest absolute Gasteiger partial charge is 0.136 e. The summed E-state index contributed by atoms with van der Waals surface area (Å²) in [5.74, 6) is 18.8. The van der Waals surface area contributed by atoms with Crippen LogP contribution in [0.1, 0.15) is 277 Å². The second-order valence-electron chi connectivity index (χ2n) is 43.7. The van der Waals surface area contributed by atoms with Gasteiger partial charge >= 0.3 is 0 Å². The number of unbranched alkanes of at least 4 members (excludes halogenated alkanes) is 22. The molecule has 1 aliphatic heterocycles. The zero-order valence-electron chi connectivity index (χ0n) is 76.5. The minimum absolute atomic E-state index is 0.178. The number of hydrogen-bond donors (Lipinski definition) is 0. The van der Waals surface area contributed by atoms with Gasteiger partial charge in [0, 0.05) is 48.6 Å². The summed E-state index contributed by atoms with van der Waals surface area (Å²) in [6.07, 6.45) is 33.0. The number of anilines is 1. The molecule has 1 atom stereocenters. The molecule has 634 valence electrons. The summed E-state index contributed by atoms with van der Waals surface area (Å²) in [5.41, 5.74) is 11.8. The molecule has 0 saturated carbocycles. The van der Waals surface area contributed by atoms with Crippen molar-refractivity contribution in [1.82, 2.24) is 4.90 Å². The number of ether oxygens (including phenoxy) is 4. The molecule has 6 nitrogen and oxygen atoms in total. The number of likely N-dealkylation sites (tertiary alicyclic amines) is 1. The Hall–Kier alpha value is -11.8. The summed E-state index contributed by atoms with van der Waals surface area (Å²) in [6, 6.07) is 18.2. The second-order valence-corrected chi connectivity index (χ2v) is 43.7. The molecule has 6 heteroatoms. The van der Waals surface area contributed by atoms with E-state index in [2.05, 4.69) is 131 Å². The first-order valence-electron chi connectivity index (χ1n) is 52.2. The fourth-order valence-corrected chi connectivity index (χ4v) is 34.0. The van der Waals surface area contributed by atoms with Gasteiger partial charge in [-0.05, 0) is 395 Å². The lowest BCUT2D eigenvalue weighted by molar-refractivity contribution is 0.247. The maximum Gasteiger partial charge on any atom is 0.136 e. The maximum absolute atomic E-state index is 8.06. The molecule has 0 amide bonds. The van der Waals surface area contributed by atoms with Crippen molar-refractivity contribution in [3.63, 3.8) is 0 Å². The quantitative estimate of drug-likeness (QED) is 0.0217. The van der Waals surface area contributed by atoms with Crippen LogP contribution in [0.4, 0.5) is 5.69 Å². The third kappa shape index (κ3) is 6.92. The van der Waals surface area contributed by atoms with E-state index in [1.165, 1.54) is 140 Å². The van der Waals surface area contributed by atoms with Crippen LogP contribution in [-0.4, -0.2) is 58.0 Å². The van der Waals surface area contributed by atoms with E-state index in [9.17, 15) is 0 Å². The molecule has 1 fully saturated rings. The van der Waals surface area contributed by atoms with Crippen molar-refractivity contribution >= 4 is 297 Å². The first-order chi connectivity index (χ1) is 64.9. The summed E-state index contributed by atoms with van der Waals surface area (Å²) in [5, 5.41) is 88.2. The third-order valence-corrected chi connectivity index (χ3v) is 37.9. The van der Waals surface area contributed by atoms with E-state index in [4.69, 9.17) is 18.9 Å². The SMILES string of the molecule is CCCCCCCCOc1cc(C#Cc2cc(OCCCCCCCC)c(C3N(C)CC45c6c7c8c9c%10c%11c(c%12c%13c4c4c6c6c%14c7c7c8c8c%10c%10c%15c%11c%11c%12c%12c%13c%13c4c4c6c6c%14c%14c7c7c8c%10c8c%10c%15c%11c%11c%12c%12c%13c4c4c6c6c%14c7c8c7c%10c%11c%12c4c67)C935)cc2OCCCCCCCC)c(OCCCCCCCC)cc1C#Cc1ccc(N(CCCC)CCCC)cc1. The van der Waals surface area contributed by atoms with Gasteiger partial charge in [0.05, 0.1) is 60.0 Å². The summed E-state index contributed by atoms with van der Waals surface area (Å²) in [6.45, 7) is 19.4. The molecule has 31 aromatic rings. The Bertz CT molecular complexity index is 9580. The molecule has 1 heterocycles. The van der Waals surface area contributed by atoms with Gasteiger partial charge in [0.25, 0.3) is 0 Å². The van der Waals surface area contributed by atoms with Gasteiger partial charge in [0.2, 0.25) is 0 Å². The number of hydrogen-bond acceptors (Lipinski definition) is 6. The minimum Gasteiger partial charge on any atom is -0.493 e.